The first kappa shape index (κ1) is 13.8. The van der Waals surface area contributed by atoms with E-state index < -0.39 is 0 Å². The highest BCUT2D eigenvalue weighted by atomic mass is 35.5. The van der Waals surface area contributed by atoms with Crippen molar-refractivity contribution < 1.29 is 4.74 Å². The third kappa shape index (κ3) is 3.65. The molecule has 0 saturated heterocycles. The predicted octanol–water partition coefficient (Wildman–Crippen LogP) is 4.60. The molecule has 1 rings (SSSR count). The van der Waals surface area contributed by atoms with Gasteiger partial charge in [0.15, 0.2) is 0 Å². The van der Waals surface area contributed by atoms with Gasteiger partial charge in [-0.25, -0.2) is 0 Å². The minimum absolute atomic E-state index is 0.212. The molecule has 3 heteroatoms. The summed E-state index contributed by atoms with van der Waals surface area (Å²) in [5.74, 6) is 0.525. The molecular formula is C13H18Cl2O. The smallest absolute Gasteiger partial charge is 0.0637 e. The average molecular weight is 261 g/mol. The highest BCUT2D eigenvalue weighted by Crippen LogP contribution is 2.24. The van der Waals surface area contributed by atoms with Crippen LogP contribution in [0.1, 0.15) is 25.8 Å². The Bertz CT molecular complexity index is 339. The molecule has 90 valence electrons. The van der Waals surface area contributed by atoms with Gasteiger partial charge in [-0.1, -0.05) is 49.5 Å². The van der Waals surface area contributed by atoms with E-state index in [0.717, 1.165) is 23.4 Å². The zero-order valence-corrected chi connectivity index (χ0v) is 11.5. The first-order chi connectivity index (χ1) is 7.58. The quantitative estimate of drug-likeness (QED) is 0.752. The number of benzene rings is 1. The lowest BCUT2D eigenvalue weighted by Gasteiger charge is -2.22. The zero-order valence-electron chi connectivity index (χ0n) is 9.97. The number of rotatable bonds is 5. The fourth-order valence-corrected chi connectivity index (χ4v) is 2.17. The molecule has 0 N–H and O–H groups in total. The summed E-state index contributed by atoms with van der Waals surface area (Å²) in [6, 6.07) is 5.62. The topological polar surface area (TPSA) is 9.23 Å². The summed E-state index contributed by atoms with van der Waals surface area (Å²) in [6.45, 7) is 4.36. The number of methoxy groups -OCH3 is 1. The normalized spacial score (nSPS) is 14.8. The molecule has 0 aliphatic rings. The van der Waals surface area contributed by atoms with Crippen LogP contribution < -0.4 is 0 Å². The Labute approximate surface area is 108 Å². The summed E-state index contributed by atoms with van der Waals surface area (Å²) in [6.07, 6.45) is 2.15. The van der Waals surface area contributed by atoms with Gasteiger partial charge in [0.25, 0.3) is 0 Å². The molecular weight excluding hydrogens is 243 g/mol. The van der Waals surface area contributed by atoms with Crippen LogP contribution in [0.2, 0.25) is 10.0 Å². The molecule has 0 amide bonds. The third-order valence-corrected chi connectivity index (χ3v) is 3.60. The summed E-state index contributed by atoms with van der Waals surface area (Å²) in [5.41, 5.74) is 1.10. The van der Waals surface area contributed by atoms with Crippen molar-refractivity contribution in [2.75, 3.05) is 7.11 Å². The molecule has 1 nitrogen and oxygen atoms in total. The highest BCUT2D eigenvalue weighted by Gasteiger charge is 2.16. The van der Waals surface area contributed by atoms with Crippen LogP contribution in [-0.4, -0.2) is 13.2 Å². The van der Waals surface area contributed by atoms with E-state index in [-0.39, 0.29) is 6.10 Å². The van der Waals surface area contributed by atoms with Gasteiger partial charge in [-0.3, -0.25) is 0 Å². The van der Waals surface area contributed by atoms with Gasteiger partial charge < -0.3 is 4.74 Å². The Morgan fingerprint density at radius 1 is 1.31 bits per heavy atom. The Balaban J connectivity index is 2.78. The molecule has 1 aromatic rings. The summed E-state index contributed by atoms with van der Waals surface area (Å²) in [5, 5.41) is 1.39. The first-order valence-electron chi connectivity index (χ1n) is 5.55. The second-order valence-corrected chi connectivity index (χ2v) is 4.94. The molecule has 0 bridgehead atoms. The second kappa shape index (κ2) is 6.48. The van der Waals surface area contributed by atoms with E-state index in [4.69, 9.17) is 27.9 Å². The van der Waals surface area contributed by atoms with Crippen LogP contribution >= 0.6 is 23.2 Å². The summed E-state index contributed by atoms with van der Waals surface area (Å²) in [7, 11) is 1.75. The van der Waals surface area contributed by atoms with Gasteiger partial charge in [-0.2, -0.15) is 0 Å². The molecule has 0 radical (unpaired) electrons. The molecule has 0 fully saturated rings. The Morgan fingerprint density at radius 3 is 2.50 bits per heavy atom. The lowest BCUT2D eigenvalue weighted by atomic mass is 9.95. The molecule has 2 unspecified atom stereocenters. The maximum Gasteiger partial charge on any atom is 0.0637 e. The molecule has 0 spiro atoms. The van der Waals surface area contributed by atoms with Crippen LogP contribution in [0.5, 0.6) is 0 Å². The third-order valence-electron chi connectivity index (χ3n) is 3.02. The van der Waals surface area contributed by atoms with Gasteiger partial charge in [0, 0.05) is 23.6 Å². The van der Waals surface area contributed by atoms with Crippen LogP contribution in [0.25, 0.3) is 0 Å². The van der Waals surface area contributed by atoms with Crippen LogP contribution in [0.3, 0.4) is 0 Å². The second-order valence-electron chi connectivity index (χ2n) is 4.10. The van der Waals surface area contributed by atoms with Gasteiger partial charge in [-0.15, -0.1) is 0 Å². The summed E-state index contributed by atoms with van der Waals surface area (Å²) >= 11 is 12.0. The van der Waals surface area contributed by atoms with Crippen molar-refractivity contribution in [3.8, 4) is 0 Å². The molecule has 0 aromatic heterocycles. The van der Waals surface area contributed by atoms with E-state index in [0.29, 0.717) is 10.9 Å². The molecule has 0 saturated carbocycles. The van der Waals surface area contributed by atoms with Crippen molar-refractivity contribution in [1.29, 1.82) is 0 Å². The minimum atomic E-state index is 0.212. The average Bonchev–Trinajstić information content (AvgIpc) is 2.27. The van der Waals surface area contributed by atoms with Crippen molar-refractivity contribution >= 4 is 23.2 Å². The number of hydrogen-bond donors (Lipinski definition) is 0. The predicted molar refractivity (Wildman–Crippen MR) is 70.4 cm³/mol. The van der Waals surface area contributed by atoms with Crippen molar-refractivity contribution in [2.45, 2.75) is 32.8 Å². The molecule has 0 aliphatic heterocycles. The van der Waals surface area contributed by atoms with Crippen LogP contribution in [0.4, 0.5) is 0 Å². The van der Waals surface area contributed by atoms with Crippen LogP contribution in [-0.2, 0) is 11.2 Å². The van der Waals surface area contributed by atoms with E-state index in [1.54, 1.807) is 13.2 Å². The van der Waals surface area contributed by atoms with E-state index in [1.807, 2.05) is 12.1 Å². The first-order valence-corrected chi connectivity index (χ1v) is 6.30. The Hall–Kier alpha value is -0.240. The number of halogens is 2. The fourth-order valence-electron chi connectivity index (χ4n) is 1.68. The Morgan fingerprint density at radius 2 is 2.00 bits per heavy atom. The lowest BCUT2D eigenvalue weighted by Crippen LogP contribution is -2.22. The largest absolute Gasteiger partial charge is 0.381 e. The van der Waals surface area contributed by atoms with Crippen LogP contribution in [0, 0.1) is 5.92 Å². The van der Waals surface area contributed by atoms with E-state index in [1.165, 1.54) is 0 Å². The van der Waals surface area contributed by atoms with E-state index >= 15 is 0 Å². The summed E-state index contributed by atoms with van der Waals surface area (Å²) in [4.78, 5) is 0. The monoisotopic (exact) mass is 260 g/mol. The van der Waals surface area contributed by atoms with E-state index in [9.17, 15) is 0 Å². The van der Waals surface area contributed by atoms with Gasteiger partial charge in [0.05, 0.1) is 6.10 Å². The number of ether oxygens (including phenoxy) is 1. The SMILES string of the molecule is CCC(C)C(Cc1ccc(Cl)cc1Cl)OC. The molecule has 2 atom stereocenters. The summed E-state index contributed by atoms with van der Waals surface area (Å²) < 4.78 is 5.50. The maximum absolute atomic E-state index is 6.14. The van der Waals surface area contributed by atoms with Crippen molar-refractivity contribution in [3.63, 3.8) is 0 Å². The standard InChI is InChI=1S/C13H18Cl2O/c1-4-9(2)13(16-3)7-10-5-6-11(14)8-12(10)15/h5-6,8-9,13H,4,7H2,1-3H3. The minimum Gasteiger partial charge on any atom is -0.381 e. The van der Waals surface area contributed by atoms with Crippen molar-refractivity contribution in [3.05, 3.63) is 33.8 Å². The molecule has 1 aromatic carbocycles. The van der Waals surface area contributed by atoms with Gasteiger partial charge in [0.1, 0.15) is 0 Å². The Kier molecular flexibility index (Phi) is 5.60. The zero-order chi connectivity index (χ0) is 12.1. The molecule has 16 heavy (non-hydrogen) atoms. The van der Waals surface area contributed by atoms with Crippen molar-refractivity contribution in [2.24, 2.45) is 5.92 Å². The van der Waals surface area contributed by atoms with Gasteiger partial charge >= 0.3 is 0 Å². The van der Waals surface area contributed by atoms with Gasteiger partial charge in [-0.05, 0) is 23.6 Å². The lowest BCUT2D eigenvalue weighted by molar-refractivity contribution is 0.0575. The molecule has 0 heterocycles. The van der Waals surface area contributed by atoms with Crippen LogP contribution in [0.15, 0.2) is 18.2 Å². The van der Waals surface area contributed by atoms with E-state index in [2.05, 4.69) is 13.8 Å². The number of hydrogen-bond acceptors (Lipinski definition) is 1. The maximum atomic E-state index is 6.14. The molecule has 0 aliphatic carbocycles. The van der Waals surface area contributed by atoms with Crippen molar-refractivity contribution in [1.82, 2.24) is 0 Å². The highest BCUT2D eigenvalue weighted by molar-refractivity contribution is 6.35. The van der Waals surface area contributed by atoms with Gasteiger partial charge in [0.2, 0.25) is 0 Å². The fraction of sp³-hybridized carbons (Fsp3) is 0.538.